The van der Waals surface area contributed by atoms with Crippen LogP contribution in [0.3, 0.4) is 0 Å². The number of rotatable bonds is 5. The van der Waals surface area contributed by atoms with Gasteiger partial charge >= 0.3 is 0 Å². The Balaban J connectivity index is 1.30. The van der Waals surface area contributed by atoms with Gasteiger partial charge in [0.15, 0.2) is 0 Å². The number of nitrogens with two attached hydrogens (primary N) is 1. The number of hydrogen-bond donors (Lipinski definition) is 1. The molecule has 1 saturated heterocycles. The fourth-order valence-electron chi connectivity index (χ4n) is 5.18. The molecule has 1 aromatic heterocycles. The second kappa shape index (κ2) is 9.44. The van der Waals surface area contributed by atoms with E-state index in [0.717, 1.165) is 49.2 Å². The third kappa shape index (κ3) is 4.71. The molecule has 0 amide bonds. The van der Waals surface area contributed by atoms with Crippen molar-refractivity contribution in [2.45, 2.75) is 36.6 Å². The lowest BCUT2D eigenvalue weighted by Crippen LogP contribution is -2.49. The number of halogens is 1. The van der Waals surface area contributed by atoms with E-state index in [0.29, 0.717) is 5.56 Å². The smallest absolute Gasteiger partial charge is 0.238 e. The molecule has 0 unspecified atom stereocenters. The Bertz CT molecular complexity index is 1250. The van der Waals surface area contributed by atoms with E-state index in [1.807, 2.05) is 30.5 Å². The van der Waals surface area contributed by atoms with E-state index in [1.54, 1.807) is 12.1 Å². The van der Waals surface area contributed by atoms with E-state index in [-0.39, 0.29) is 10.5 Å². The van der Waals surface area contributed by atoms with E-state index in [2.05, 4.69) is 9.80 Å². The molecule has 0 radical (unpaired) electrons. The average molecular weight is 481 g/mol. The number of aromatic nitrogens is 1. The number of hydrogen-bond acceptors (Lipinski definition) is 5. The Kier molecular flexibility index (Phi) is 6.38. The van der Waals surface area contributed by atoms with E-state index < -0.39 is 15.8 Å². The Morgan fingerprint density at radius 1 is 0.853 bits per heavy atom. The molecule has 0 bridgehead atoms. The molecule has 0 atom stereocenters. The maximum absolute atomic E-state index is 14.5. The Morgan fingerprint density at radius 2 is 1.50 bits per heavy atom. The molecular formula is C26H29FN4O2S. The first-order valence-corrected chi connectivity index (χ1v) is 13.3. The molecular weight excluding hydrogens is 451 g/mol. The Morgan fingerprint density at radius 3 is 2.12 bits per heavy atom. The Hall–Kier alpha value is -2.81. The molecule has 5 rings (SSSR count). The molecule has 1 saturated carbocycles. The van der Waals surface area contributed by atoms with Gasteiger partial charge in [-0.05, 0) is 48.2 Å². The zero-order valence-electron chi connectivity index (χ0n) is 19.0. The standard InChI is InChI=1S/C26H29FN4O2S/c27-23-6-3-7-24(34(28,32)33)26(23)20-10-8-19(9-11-20)21-12-13-25(29-18-21)31-16-14-30(15-17-31)22-4-1-2-5-22/h3,6-13,18,22H,1-2,4-5,14-17H2,(H2,28,32,33). The lowest BCUT2D eigenvalue weighted by atomic mass is 10.0. The van der Waals surface area contributed by atoms with Crippen LogP contribution in [-0.2, 0) is 10.0 Å². The van der Waals surface area contributed by atoms with Crippen molar-refractivity contribution in [2.75, 3.05) is 31.1 Å². The normalized spacial score (nSPS) is 17.9. The van der Waals surface area contributed by atoms with Crippen LogP contribution in [0.1, 0.15) is 25.7 Å². The number of benzene rings is 2. The van der Waals surface area contributed by atoms with Crippen LogP contribution in [0, 0.1) is 5.82 Å². The minimum Gasteiger partial charge on any atom is -0.354 e. The number of pyridine rings is 1. The monoisotopic (exact) mass is 480 g/mol. The number of piperazine rings is 1. The predicted octanol–water partition coefficient (Wildman–Crippen LogP) is 4.27. The molecule has 8 heteroatoms. The van der Waals surface area contributed by atoms with E-state index in [9.17, 15) is 12.8 Å². The van der Waals surface area contributed by atoms with Crippen LogP contribution in [-0.4, -0.2) is 50.5 Å². The van der Waals surface area contributed by atoms with Crippen molar-refractivity contribution < 1.29 is 12.8 Å². The highest BCUT2D eigenvalue weighted by Gasteiger charge is 2.26. The first-order valence-electron chi connectivity index (χ1n) is 11.8. The molecule has 2 aromatic carbocycles. The van der Waals surface area contributed by atoms with Gasteiger partial charge in [0.05, 0.1) is 4.90 Å². The first-order chi connectivity index (χ1) is 16.4. The molecule has 2 N–H and O–H groups in total. The second-order valence-corrected chi connectivity index (χ2v) is 10.6. The summed E-state index contributed by atoms with van der Waals surface area (Å²) in [6.45, 7) is 4.16. The van der Waals surface area contributed by atoms with Crippen LogP contribution in [0.2, 0.25) is 0 Å². The molecule has 0 spiro atoms. The van der Waals surface area contributed by atoms with Crippen LogP contribution >= 0.6 is 0 Å². The van der Waals surface area contributed by atoms with Crippen molar-refractivity contribution in [1.82, 2.24) is 9.88 Å². The summed E-state index contributed by atoms with van der Waals surface area (Å²) in [5.41, 5.74) is 2.31. The molecule has 178 valence electrons. The fraction of sp³-hybridized carbons (Fsp3) is 0.346. The maximum Gasteiger partial charge on any atom is 0.238 e. The van der Waals surface area contributed by atoms with Crippen LogP contribution in [0.5, 0.6) is 0 Å². The summed E-state index contributed by atoms with van der Waals surface area (Å²) < 4.78 is 38.3. The predicted molar refractivity (Wildman–Crippen MR) is 132 cm³/mol. The molecule has 1 aliphatic heterocycles. The van der Waals surface area contributed by atoms with Gasteiger partial charge in [0, 0.05) is 49.5 Å². The summed E-state index contributed by atoms with van der Waals surface area (Å²) in [5, 5.41) is 5.29. The van der Waals surface area contributed by atoms with Crippen molar-refractivity contribution >= 4 is 15.8 Å². The maximum atomic E-state index is 14.5. The molecule has 2 fully saturated rings. The largest absolute Gasteiger partial charge is 0.354 e. The van der Waals surface area contributed by atoms with E-state index >= 15 is 0 Å². The van der Waals surface area contributed by atoms with Crippen molar-refractivity contribution in [2.24, 2.45) is 5.14 Å². The fourth-order valence-corrected chi connectivity index (χ4v) is 5.95. The summed E-state index contributed by atoms with van der Waals surface area (Å²) in [7, 11) is -4.05. The van der Waals surface area contributed by atoms with Gasteiger partial charge in [-0.15, -0.1) is 0 Å². The van der Waals surface area contributed by atoms with Crippen LogP contribution in [0.25, 0.3) is 22.3 Å². The third-order valence-corrected chi connectivity index (χ3v) is 7.97. The second-order valence-electron chi connectivity index (χ2n) is 9.10. The van der Waals surface area contributed by atoms with Gasteiger partial charge in [-0.3, -0.25) is 4.90 Å². The first kappa shape index (κ1) is 23.0. The van der Waals surface area contributed by atoms with Gasteiger partial charge in [0.25, 0.3) is 0 Å². The van der Waals surface area contributed by atoms with Gasteiger partial charge in [-0.25, -0.2) is 22.9 Å². The van der Waals surface area contributed by atoms with Crippen molar-refractivity contribution in [3.8, 4) is 22.3 Å². The van der Waals surface area contributed by atoms with E-state index in [1.165, 1.54) is 43.9 Å². The van der Waals surface area contributed by atoms with Gasteiger partial charge < -0.3 is 4.90 Å². The average Bonchev–Trinajstić information content (AvgIpc) is 3.39. The number of primary sulfonamides is 1. The SMILES string of the molecule is NS(=O)(=O)c1cccc(F)c1-c1ccc(-c2ccc(N3CCN(C4CCCC4)CC3)nc2)cc1. The minimum atomic E-state index is -4.05. The summed E-state index contributed by atoms with van der Waals surface area (Å²) in [6, 6.07) is 15.8. The van der Waals surface area contributed by atoms with Crippen LogP contribution in [0.4, 0.5) is 10.2 Å². The third-order valence-electron chi connectivity index (χ3n) is 7.02. The van der Waals surface area contributed by atoms with Crippen LogP contribution < -0.4 is 10.0 Å². The van der Waals surface area contributed by atoms with Crippen molar-refractivity contribution in [3.63, 3.8) is 0 Å². The molecule has 2 aliphatic rings. The molecule has 1 aliphatic carbocycles. The highest BCUT2D eigenvalue weighted by Crippen LogP contribution is 2.32. The molecule has 6 nitrogen and oxygen atoms in total. The quantitative estimate of drug-likeness (QED) is 0.590. The highest BCUT2D eigenvalue weighted by molar-refractivity contribution is 7.89. The topological polar surface area (TPSA) is 79.5 Å². The van der Waals surface area contributed by atoms with Gasteiger partial charge in [-0.2, -0.15) is 0 Å². The van der Waals surface area contributed by atoms with Gasteiger partial charge in [0.2, 0.25) is 10.0 Å². The zero-order chi connectivity index (χ0) is 23.7. The molecule has 2 heterocycles. The van der Waals surface area contributed by atoms with Crippen molar-refractivity contribution in [1.29, 1.82) is 0 Å². The van der Waals surface area contributed by atoms with Gasteiger partial charge in [0.1, 0.15) is 11.6 Å². The number of anilines is 1. The molecule has 34 heavy (non-hydrogen) atoms. The lowest BCUT2D eigenvalue weighted by Gasteiger charge is -2.38. The number of sulfonamides is 1. The summed E-state index contributed by atoms with van der Waals surface area (Å²) >= 11 is 0. The van der Waals surface area contributed by atoms with Gasteiger partial charge in [-0.1, -0.05) is 43.2 Å². The summed E-state index contributed by atoms with van der Waals surface area (Å²) in [5.74, 6) is 0.355. The van der Waals surface area contributed by atoms with E-state index in [4.69, 9.17) is 10.1 Å². The zero-order valence-corrected chi connectivity index (χ0v) is 19.8. The van der Waals surface area contributed by atoms with Crippen LogP contribution in [0.15, 0.2) is 65.7 Å². The lowest BCUT2D eigenvalue weighted by molar-refractivity contribution is 0.187. The minimum absolute atomic E-state index is 0.0123. The highest BCUT2D eigenvalue weighted by atomic mass is 32.2. The molecule has 3 aromatic rings. The summed E-state index contributed by atoms with van der Waals surface area (Å²) in [4.78, 5) is 9.44. The summed E-state index contributed by atoms with van der Waals surface area (Å²) in [6.07, 6.45) is 7.26. The Labute approximate surface area is 200 Å². The number of nitrogens with zero attached hydrogens (tertiary/aromatic N) is 3. The van der Waals surface area contributed by atoms with Crippen molar-refractivity contribution in [3.05, 3.63) is 66.6 Å².